The van der Waals surface area contributed by atoms with Gasteiger partial charge in [0.05, 0.1) is 0 Å². The second-order valence-corrected chi connectivity index (χ2v) is 2.90. The van der Waals surface area contributed by atoms with Crippen LogP contribution in [0.5, 0.6) is 0 Å². The maximum Gasteiger partial charge on any atom is 0.323 e. The molecule has 82 valence electrons. The smallest absolute Gasteiger partial charge is 0.323 e. The normalized spacial score (nSPS) is 14.7. The molecule has 2 atom stereocenters. The number of nitrogens with two attached hydrogens (primary N) is 1. The van der Waals surface area contributed by atoms with Crippen LogP contribution in [0.1, 0.15) is 19.3 Å². The van der Waals surface area contributed by atoms with Crippen LogP contribution in [0.4, 0.5) is 0 Å². The summed E-state index contributed by atoms with van der Waals surface area (Å²) in [6.07, 6.45) is 0.631. The SMILES string of the molecule is N[C@@H](CCC[C@H](NO)C(=O)O)C(=O)O. The molecule has 0 aromatic carbocycles. The van der Waals surface area contributed by atoms with Gasteiger partial charge in [-0.15, -0.1) is 0 Å². The lowest BCUT2D eigenvalue weighted by Crippen LogP contribution is -2.35. The van der Waals surface area contributed by atoms with Crippen molar-refractivity contribution in [3.05, 3.63) is 0 Å². The number of carboxylic acids is 2. The zero-order chi connectivity index (χ0) is 11.1. The Bertz CT molecular complexity index is 208. The van der Waals surface area contributed by atoms with E-state index in [9.17, 15) is 9.59 Å². The largest absolute Gasteiger partial charge is 0.480 e. The van der Waals surface area contributed by atoms with Crippen LogP contribution >= 0.6 is 0 Å². The fourth-order valence-corrected chi connectivity index (χ4v) is 0.909. The number of aliphatic carboxylic acids is 2. The Hall–Kier alpha value is -1.18. The lowest BCUT2D eigenvalue weighted by molar-refractivity contribution is -0.142. The minimum atomic E-state index is -1.18. The molecule has 7 nitrogen and oxygen atoms in total. The maximum absolute atomic E-state index is 10.4. The first-order valence-electron chi connectivity index (χ1n) is 4.09. The standard InChI is InChI=1S/C7H14N2O5/c8-4(6(10)11)2-1-3-5(9-14)7(12)13/h4-5,9,14H,1-3,8H2,(H,10,11)(H,12,13)/t4-,5-/m0/s1. The highest BCUT2D eigenvalue weighted by Crippen LogP contribution is 2.03. The average molecular weight is 206 g/mol. The Labute approximate surface area is 80.5 Å². The summed E-state index contributed by atoms with van der Waals surface area (Å²) in [5.74, 6) is -2.30. The molecule has 7 heteroatoms. The van der Waals surface area contributed by atoms with Crippen molar-refractivity contribution in [2.24, 2.45) is 5.73 Å². The van der Waals surface area contributed by atoms with Crippen molar-refractivity contribution in [2.45, 2.75) is 31.3 Å². The molecule has 0 unspecified atom stereocenters. The van der Waals surface area contributed by atoms with Gasteiger partial charge in [-0.2, -0.15) is 5.48 Å². The second-order valence-electron chi connectivity index (χ2n) is 2.90. The molecule has 0 aliphatic carbocycles. The zero-order valence-electron chi connectivity index (χ0n) is 7.51. The lowest BCUT2D eigenvalue weighted by atomic mass is 10.1. The van der Waals surface area contributed by atoms with E-state index >= 15 is 0 Å². The Morgan fingerprint density at radius 3 is 2.14 bits per heavy atom. The van der Waals surface area contributed by atoms with Crippen LogP contribution in [0.15, 0.2) is 0 Å². The Kier molecular flexibility index (Phi) is 5.77. The molecule has 0 aromatic heterocycles. The van der Waals surface area contributed by atoms with Gasteiger partial charge in [-0.25, -0.2) is 0 Å². The summed E-state index contributed by atoms with van der Waals surface area (Å²) in [5.41, 5.74) is 6.81. The fraction of sp³-hybridized carbons (Fsp3) is 0.714. The van der Waals surface area contributed by atoms with E-state index in [1.54, 1.807) is 5.48 Å². The quantitative estimate of drug-likeness (QED) is 0.337. The first-order valence-corrected chi connectivity index (χ1v) is 4.09. The third kappa shape index (κ3) is 4.75. The maximum atomic E-state index is 10.4. The van der Waals surface area contributed by atoms with Gasteiger partial charge in [0.1, 0.15) is 12.1 Å². The highest BCUT2D eigenvalue weighted by Gasteiger charge is 2.17. The molecule has 0 aromatic rings. The molecule has 6 N–H and O–H groups in total. The van der Waals surface area contributed by atoms with E-state index in [-0.39, 0.29) is 12.8 Å². The van der Waals surface area contributed by atoms with Crippen molar-refractivity contribution in [2.75, 3.05) is 0 Å². The Balaban J connectivity index is 3.71. The minimum Gasteiger partial charge on any atom is -0.480 e. The summed E-state index contributed by atoms with van der Waals surface area (Å²) in [5, 5.41) is 25.3. The molecule has 0 saturated heterocycles. The van der Waals surface area contributed by atoms with Crippen LogP contribution in [0.25, 0.3) is 0 Å². The Morgan fingerprint density at radius 2 is 1.79 bits per heavy atom. The monoisotopic (exact) mass is 206 g/mol. The molecule has 0 saturated carbocycles. The lowest BCUT2D eigenvalue weighted by Gasteiger charge is -2.10. The number of hydroxylamine groups is 1. The summed E-state index contributed by atoms with van der Waals surface area (Å²) < 4.78 is 0. The van der Waals surface area contributed by atoms with E-state index in [1.165, 1.54) is 0 Å². The molecule has 0 aliphatic rings. The number of hydrogen-bond acceptors (Lipinski definition) is 5. The number of rotatable bonds is 7. The van der Waals surface area contributed by atoms with Crippen molar-refractivity contribution < 1.29 is 25.0 Å². The van der Waals surface area contributed by atoms with E-state index in [1.807, 2.05) is 0 Å². The van der Waals surface area contributed by atoms with Crippen molar-refractivity contribution in [3.63, 3.8) is 0 Å². The molecule has 14 heavy (non-hydrogen) atoms. The van der Waals surface area contributed by atoms with Crippen LogP contribution in [-0.2, 0) is 9.59 Å². The molecular formula is C7H14N2O5. The van der Waals surface area contributed by atoms with Gasteiger partial charge in [0.2, 0.25) is 0 Å². The summed E-state index contributed by atoms with van der Waals surface area (Å²) >= 11 is 0. The van der Waals surface area contributed by atoms with Crippen molar-refractivity contribution in [1.29, 1.82) is 0 Å². The zero-order valence-corrected chi connectivity index (χ0v) is 7.51. The number of carbonyl (C=O) groups is 2. The van der Waals surface area contributed by atoms with E-state index in [0.717, 1.165) is 0 Å². The second kappa shape index (κ2) is 6.30. The molecule has 0 bridgehead atoms. The average Bonchev–Trinajstić information content (AvgIpc) is 2.11. The van der Waals surface area contributed by atoms with Crippen LogP contribution in [0.3, 0.4) is 0 Å². The van der Waals surface area contributed by atoms with Gasteiger partial charge in [0, 0.05) is 0 Å². The summed E-state index contributed by atoms with van der Waals surface area (Å²) in [6.45, 7) is 0. The Morgan fingerprint density at radius 1 is 1.21 bits per heavy atom. The molecule has 0 rings (SSSR count). The van der Waals surface area contributed by atoms with Crippen LogP contribution < -0.4 is 11.2 Å². The van der Waals surface area contributed by atoms with Crippen LogP contribution in [0.2, 0.25) is 0 Å². The number of carboxylic acid groups (broad SMARTS) is 2. The number of hydrogen-bond donors (Lipinski definition) is 5. The molecular weight excluding hydrogens is 192 g/mol. The van der Waals surface area contributed by atoms with Crippen LogP contribution in [-0.4, -0.2) is 39.4 Å². The summed E-state index contributed by atoms with van der Waals surface area (Å²) in [4.78, 5) is 20.6. The van der Waals surface area contributed by atoms with Crippen LogP contribution in [0, 0.1) is 0 Å². The van der Waals surface area contributed by atoms with E-state index < -0.39 is 24.0 Å². The molecule has 0 heterocycles. The third-order valence-corrected chi connectivity index (χ3v) is 1.78. The van der Waals surface area contributed by atoms with E-state index in [4.69, 9.17) is 21.2 Å². The first kappa shape index (κ1) is 12.8. The third-order valence-electron chi connectivity index (χ3n) is 1.78. The van der Waals surface area contributed by atoms with Crippen molar-refractivity contribution >= 4 is 11.9 Å². The predicted molar refractivity (Wildman–Crippen MR) is 45.8 cm³/mol. The number of nitrogens with one attached hydrogen (secondary N) is 1. The highest BCUT2D eigenvalue weighted by molar-refractivity contribution is 5.73. The minimum absolute atomic E-state index is 0.132. The van der Waals surface area contributed by atoms with Gasteiger partial charge in [-0.05, 0) is 19.3 Å². The van der Waals surface area contributed by atoms with Gasteiger partial charge < -0.3 is 21.2 Å². The summed E-state index contributed by atoms with van der Waals surface area (Å²) in [7, 11) is 0. The van der Waals surface area contributed by atoms with E-state index in [2.05, 4.69) is 0 Å². The first-order chi connectivity index (χ1) is 6.49. The molecule has 0 spiro atoms. The predicted octanol–water partition coefficient (Wildman–Crippen LogP) is -0.999. The van der Waals surface area contributed by atoms with Crippen molar-refractivity contribution in [1.82, 2.24) is 5.48 Å². The van der Waals surface area contributed by atoms with Crippen molar-refractivity contribution in [3.8, 4) is 0 Å². The highest BCUT2D eigenvalue weighted by atomic mass is 16.5. The summed E-state index contributed by atoms with van der Waals surface area (Å²) in [6, 6.07) is -2.06. The van der Waals surface area contributed by atoms with Gasteiger partial charge >= 0.3 is 11.9 Å². The molecule has 0 aliphatic heterocycles. The molecule has 0 fully saturated rings. The topological polar surface area (TPSA) is 133 Å². The van der Waals surface area contributed by atoms with E-state index in [0.29, 0.717) is 6.42 Å². The molecule has 0 amide bonds. The van der Waals surface area contributed by atoms with Gasteiger partial charge in [-0.3, -0.25) is 9.59 Å². The van der Waals surface area contributed by atoms with Gasteiger partial charge in [-0.1, -0.05) is 0 Å². The fourth-order valence-electron chi connectivity index (χ4n) is 0.909. The molecule has 0 radical (unpaired) electrons. The van der Waals surface area contributed by atoms with Gasteiger partial charge in [0.15, 0.2) is 0 Å². The van der Waals surface area contributed by atoms with Gasteiger partial charge in [0.25, 0.3) is 0 Å².